The molecule has 0 saturated carbocycles. The Labute approximate surface area is 92.8 Å². The molecule has 0 N–H and O–H groups in total. The smallest absolute Gasteiger partial charge is 0.137 e. The fraction of sp³-hybridized carbons (Fsp3) is 0.273. The van der Waals surface area contributed by atoms with Crippen LogP contribution in [0.5, 0.6) is 5.75 Å². The van der Waals surface area contributed by atoms with E-state index >= 15 is 0 Å². The molecule has 78 valence electrons. The monoisotopic (exact) mass is 220 g/mol. The number of thiazole rings is 1. The number of hydrogen-bond acceptors (Lipinski definition) is 4. The first-order chi connectivity index (χ1) is 7.28. The number of pyridine rings is 1. The van der Waals surface area contributed by atoms with Crippen molar-refractivity contribution in [2.24, 2.45) is 0 Å². The van der Waals surface area contributed by atoms with Gasteiger partial charge < -0.3 is 4.74 Å². The van der Waals surface area contributed by atoms with E-state index in [9.17, 15) is 0 Å². The van der Waals surface area contributed by atoms with E-state index in [1.165, 1.54) is 0 Å². The Bertz CT molecular complexity index is 436. The van der Waals surface area contributed by atoms with Crippen LogP contribution in [0.1, 0.15) is 16.4 Å². The van der Waals surface area contributed by atoms with Gasteiger partial charge in [-0.15, -0.1) is 11.3 Å². The lowest BCUT2D eigenvalue weighted by atomic mass is 10.3. The predicted octanol–water partition coefficient (Wildman–Crippen LogP) is 2.45. The third kappa shape index (κ3) is 2.53. The van der Waals surface area contributed by atoms with Gasteiger partial charge in [-0.05, 0) is 19.1 Å². The summed E-state index contributed by atoms with van der Waals surface area (Å²) in [5.41, 5.74) is 2.09. The van der Waals surface area contributed by atoms with Gasteiger partial charge in [0.25, 0.3) is 0 Å². The molecular weight excluding hydrogens is 208 g/mol. The number of rotatable bonds is 3. The summed E-state index contributed by atoms with van der Waals surface area (Å²) in [7, 11) is 1.64. The highest BCUT2D eigenvalue weighted by Gasteiger charge is 2.02. The summed E-state index contributed by atoms with van der Waals surface area (Å²) in [6.07, 6.45) is 2.53. The molecule has 4 heteroatoms. The molecule has 0 bridgehead atoms. The van der Waals surface area contributed by atoms with Crippen molar-refractivity contribution < 1.29 is 4.74 Å². The van der Waals surface area contributed by atoms with Crippen molar-refractivity contribution in [2.75, 3.05) is 7.11 Å². The second-order valence-corrected chi connectivity index (χ2v) is 4.19. The SMILES string of the molecule is COc1ccc(Cc2nc(C)cs2)nc1. The van der Waals surface area contributed by atoms with Crippen molar-refractivity contribution in [3.63, 3.8) is 0 Å². The van der Waals surface area contributed by atoms with Gasteiger partial charge in [-0.3, -0.25) is 4.98 Å². The largest absolute Gasteiger partial charge is 0.495 e. The van der Waals surface area contributed by atoms with E-state index in [2.05, 4.69) is 15.3 Å². The number of aryl methyl sites for hydroxylation is 1. The molecule has 0 aliphatic heterocycles. The maximum atomic E-state index is 5.05. The molecule has 2 aromatic rings. The van der Waals surface area contributed by atoms with Gasteiger partial charge in [0.05, 0.1) is 18.3 Å². The Morgan fingerprint density at radius 1 is 1.40 bits per heavy atom. The summed E-state index contributed by atoms with van der Waals surface area (Å²) in [6, 6.07) is 3.89. The van der Waals surface area contributed by atoms with Crippen molar-refractivity contribution >= 4 is 11.3 Å². The Kier molecular flexibility index (Phi) is 2.97. The van der Waals surface area contributed by atoms with Gasteiger partial charge in [0.1, 0.15) is 5.75 Å². The van der Waals surface area contributed by atoms with Gasteiger partial charge in [-0.2, -0.15) is 0 Å². The lowest BCUT2D eigenvalue weighted by molar-refractivity contribution is 0.412. The standard InChI is InChI=1S/C11H12N2OS/c1-8-7-15-11(13-8)5-9-3-4-10(14-2)6-12-9/h3-4,6-7H,5H2,1-2H3. The Balaban J connectivity index is 2.11. The van der Waals surface area contributed by atoms with Gasteiger partial charge in [0.2, 0.25) is 0 Å². The normalized spacial score (nSPS) is 10.3. The van der Waals surface area contributed by atoms with E-state index < -0.39 is 0 Å². The maximum absolute atomic E-state index is 5.05. The highest BCUT2D eigenvalue weighted by atomic mass is 32.1. The minimum atomic E-state index is 0.786. The van der Waals surface area contributed by atoms with Crippen molar-refractivity contribution in [1.82, 2.24) is 9.97 Å². The molecule has 0 aromatic carbocycles. The number of hydrogen-bond donors (Lipinski definition) is 0. The van der Waals surface area contributed by atoms with Crippen LogP contribution in [0, 0.1) is 6.92 Å². The number of aromatic nitrogens is 2. The van der Waals surface area contributed by atoms with Crippen LogP contribution in [0.2, 0.25) is 0 Å². The lowest BCUT2D eigenvalue weighted by Gasteiger charge is -2.00. The summed E-state index contributed by atoms with van der Waals surface area (Å²) < 4.78 is 5.05. The molecule has 3 nitrogen and oxygen atoms in total. The van der Waals surface area contributed by atoms with Crippen LogP contribution in [0.25, 0.3) is 0 Å². The molecule has 0 amide bonds. The van der Waals surface area contributed by atoms with Crippen LogP contribution < -0.4 is 4.74 Å². The highest BCUT2D eigenvalue weighted by Crippen LogP contribution is 2.14. The molecule has 2 heterocycles. The number of nitrogens with zero attached hydrogens (tertiary/aromatic N) is 2. The van der Waals surface area contributed by atoms with E-state index in [4.69, 9.17) is 4.74 Å². The fourth-order valence-electron chi connectivity index (χ4n) is 1.28. The lowest BCUT2D eigenvalue weighted by Crippen LogP contribution is -1.92. The van der Waals surface area contributed by atoms with Crippen LogP contribution in [0.15, 0.2) is 23.7 Å². The molecule has 0 fully saturated rings. The minimum absolute atomic E-state index is 0.786. The number of ether oxygens (including phenoxy) is 1. The summed E-state index contributed by atoms with van der Waals surface area (Å²) >= 11 is 1.67. The second kappa shape index (κ2) is 4.40. The van der Waals surface area contributed by atoms with E-state index in [1.54, 1.807) is 24.6 Å². The van der Waals surface area contributed by atoms with Gasteiger partial charge in [0.15, 0.2) is 0 Å². The molecule has 0 saturated heterocycles. The van der Waals surface area contributed by atoms with Crippen LogP contribution in [-0.2, 0) is 6.42 Å². The first kappa shape index (κ1) is 10.1. The van der Waals surface area contributed by atoms with E-state index in [0.29, 0.717) is 0 Å². The van der Waals surface area contributed by atoms with E-state index in [0.717, 1.165) is 28.6 Å². The molecule has 0 aliphatic rings. The first-order valence-electron chi connectivity index (χ1n) is 4.68. The zero-order valence-corrected chi connectivity index (χ0v) is 9.54. The van der Waals surface area contributed by atoms with Crippen LogP contribution in [-0.4, -0.2) is 17.1 Å². The van der Waals surface area contributed by atoms with E-state index in [-0.39, 0.29) is 0 Å². The third-order valence-electron chi connectivity index (χ3n) is 2.03. The van der Waals surface area contributed by atoms with Gasteiger partial charge in [0, 0.05) is 23.2 Å². The van der Waals surface area contributed by atoms with Crippen LogP contribution >= 0.6 is 11.3 Å². The van der Waals surface area contributed by atoms with Crippen molar-refractivity contribution in [3.05, 3.63) is 40.1 Å². The zero-order chi connectivity index (χ0) is 10.7. The average Bonchev–Trinajstić information content (AvgIpc) is 2.65. The molecule has 0 unspecified atom stereocenters. The molecule has 0 atom stereocenters. The van der Waals surface area contributed by atoms with Gasteiger partial charge in [-0.1, -0.05) is 0 Å². The van der Waals surface area contributed by atoms with Crippen LogP contribution in [0.4, 0.5) is 0 Å². The van der Waals surface area contributed by atoms with Crippen molar-refractivity contribution in [3.8, 4) is 5.75 Å². The molecule has 0 spiro atoms. The maximum Gasteiger partial charge on any atom is 0.137 e. The van der Waals surface area contributed by atoms with Crippen LogP contribution in [0.3, 0.4) is 0 Å². The topological polar surface area (TPSA) is 35.0 Å². The molecule has 0 radical (unpaired) electrons. The highest BCUT2D eigenvalue weighted by molar-refractivity contribution is 7.09. The summed E-state index contributed by atoms with van der Waals surface area (Å²) in [4.78, 5) is 8.69. The second-order valence-electron chi connectivity index (χ2n) is 3.25. The Morgan fingerprint density at radius 2 is 2.27 bits per heavy atom. The van der Waals surface area contributed by atoms with E-state index in [1.807, 2.05) is 19.1 Å². The van der Waals surface area contributed by atoms with Crippen molar-refractivity contribution in [2.45, 2.75) is 13.3 Å². The zero-order valence-electron chi connectivity index (χ0n) is 8.73. The summed E-state index contributed by atoms with van der Waals surface area (Å²) in [5, 5.41) is 3.16. The molecule has 15 heavy (non-hydrogen) atoms. The quantitative estimate of drug-likeness (QED) is 0.797. The first-order valence-corrected chi connectivity index (χ1v) is 5.56. The van der Waals surface area contributed by atoms with Gasteiger partial charge in [-0.25, -0.2) is 4.98 Å². The summed E-state index contributed by atoms with van der Waals surface area (Å²) in [6.45, 7) is 2.00. The third-order valence-corrected chi connectivity index (χ3v) is 3.00. The molecule has 0 aliphatic carbocycles. The molecule has 2 rings (SSSR count). The fourth-order valence-corrected chi connectivity index (χ4v) is 2.06. The Hall–Kier alpha value is -1.42. The average molecular weight is 220 g/mol. The number of methoxy groups -OCH3 is 1. The Morgan fingerprint density at radius 3 is 2.80 bits per heavy atom. The molecule has 2 aromatic heterocycles. The predicted molar refractivity (Wildman–Crippen MR) is 60.4 cm³/mol. The molecular formula is C11H12N2OS. The summed E-state index contributed by atoms with van der Waals surface area (Å²) in [5.74, 6) is 0.786. The minimum Gasteiger partial charge on any atom is -0.495 e. The van der Waals surface area contributed by atoms with Crippen molar-refractivity contribution in [1.29, 1.82) is 0 Å². The van der Waals surface area contributed by atoms with Gasteiger partial charge >= 0.3 is 0 Å².